The summed E-state index contributed by atoms with van der Waals surface area (Å²) in [6.45, 7) is 1.94. The molecule has 1 fully saturated rings. The molecule has 5 heteroatoms. The van der Waals surface area contributed by atoms with Crippen molar-refractivity contribution in [2.24, 2.45) is 11.7 Å². The minimum atomic E-state index is 0.122. The van der Waals surface area contributed by atoms with Crippen LogP contribution in [0, 0.1) is 12.8 Å². The maximum Gasteiger partial charge on any atom is 0.228 e. The first-order valence-electron chi connectivity index (χ1n) is 7.24. The van der Waals surface area contributed by atoms with E-state index in [-0.39, 0.29) is 6.04 Å². The van der Waals surface area contributed by atoms with Gasteiger partial charge in [-0.2, -0.15) is 4.98 Å². The van der Waals surface area contributed by atoms with Crippen molar-refractivity contribution in [3.63, 3.8) is 0 Å². The van der Waals surface area contributed by atoms with Crippen LogP contribution in [-0.4, -0.2) is 21.2 Å². The quantitative estimate of drug-likeness (QED) is 0.925. The predicted octanol–water partition coefficient (Wildman–Crippen LogP) is 2.50. The van der Waals surface area contributed by atoms with Crippen molar-refractivity contribution >= 4 is 0 Å². The van der Waals surface area contributed by atoms with E-state index in [0.29, 0.717) is 24.1 Å². The van der Waals surface area contributed by atoms with Crippen molar-refractivity contribution in [1.82, 2.24) is 15.1 Å². The molecule has 2 heterocycles. The molecule has 0 amide bonds. The fraction of sp³-hybridized carbons (Fsp3) is 0.533. The fourth-order valence-corrected chi connectivity index (χ4v) is 2.86. The van der Waals surface area contributed by atoms with Crippen LogP contribution in [0.5, 0.6) is 0 Å². The highest BCUT2D eigenvalue weighted by Gasteiger charge is 2.24. The summed E-state index contributed by atoms with van der Waals surface area (Å²) in [5.74, 6) is 1.76. The normalized spacial score (nSPS) is 17.5. The lowest BCUT2D eigenvalue weighted by Crippen LogP contribution is -2.30. The van der Waals surface area contributed by atoms with Gasteiger partial charge in [0, 0.05) is 18.2 Å². The first-order chi connectivity index (χ1) is 9.72. The Labute approximate surface area is 118 Å². The van der Waals surface area contributed by atoms with Crippen molar-refractivity contribution in [3.8, 4) is 11.5 Å². The van der Waals surface area contributed by atoms with Crippen LogP contribution >= 0.6 is 0 Å². The zero-order valence-electron chi connectivity index (χ0n) is 11.7. The lowest BCUT2D eigenvalue weighted by molar-refractivity contribution is 0.341. The SMILES string of the molecule is Cc1cccc(-c2noc(CC(N)C3CCCC3)n2)n1. The van der Waals surface area contributed by atoms with Gasteiger partial charge in [-0.15, -0.1) is 0 Å². The molecule has 5 nitrogen and oxygen atoms in total. The molecule has 1 aliphatic rings. The largest absolute Gasteiger partial charge is 0.339 e. The Morgan fingerprint density at radius 2 is 2.10 bits per heavy atom. The topological polar surface area (TPSA) is 77.8 Å². The second kappa shape index (κ2) is 5.71. The number of nitrogens with zero attached hydrogens (tertiary/aromatic N) is 3. The van der Waals surface area contributed by atoms with E-state index in [1.807, 2.05) is 25.1 Å². The molecule has 0 aromatic carbocycles. The predicted molar refractivity (Wildman–Crippen MR) is 75.9 cm³/mol. The van der Waals surface area contributed by atoms with Crippen LogP contribution in [0.1, 0.15) is 37.3 Å². The van der Waals surface area contributed by atoms with Crippen LogP contribution in [0.25, 0.3) is 11.5 Å². The monoisotopic (exact) mass is 272 g/mol. The molecule has 2 aromatic heterocycles. The molecule has 2 N–H and O–H groups in total. The van der Waals surface area contributed by atoms with E-state index >= 15 is 0 Å². The summed E-state index contributed by atoms with van der Waals surface area (Å²) in [6, 6.07) is 5.90. The lowest BCUT2D eigenvalue weighted by atomic mass is 9.96. The Bertz CT molecular complexity index is 575. The third kappa shape index (κ3) is 2.88. The van der Waals surface area contributed by atoms with Crippen molar-refractivity contribution in [3.05, 3.63) is 29.8 Å². The van der Waals surface area contributed by atoms with Crippen LogP contribution < -0.4 is 5.73 Å². The van der Waals surface area contributed by atoms with E-state index in [2.05, 4.69) is 15.1 Å². The molecule has 1 aliphatic carbocycles. The van der Waals surface area contributed by atoms with E-state index < -0.39 is 0 Å². The molecule has 1 unspecified atom stereocenters. The number of nitrogens with two attached hydrogens (primary N) is 1. The third-order valence-corrected chi connectivity index (χ3v) is 4.00. The van der Waals surface area contributed by atoms with Crippen LogP contribution in [0.15, 0.2) is 22.7 Å². The average Bonchev–Trinajstić information content (AvgIpc) is 3.10. The van der Waals surface area contributed by atoms with Gasteiger partial charge in [0.25, 0.3) is 0 Å². The van der Waals surface area contributed by atoms with Crippen LogP contribution in [0.3, 0.4) is 0 Å². The van der Waals surface area contributed by atoms with Gasteiger partial charge in [0.05, 0.1) is 0 Å². The first kappa shape index (κ1) is 13.2. The summed E-state index contributed by atoms with van der Waals surface area (Å²) in [5.41, 5.74) is 7.93. The maximum absolute atomic E-state index is 6.24. The standard InChI is InChI=1S/C15H20N4O/c1-10-5-4-8-13(17-10)15-18-14(20-19-15)9-12(16)11-6-2-3-7-11/h4-5,8,11-12H,2-3,6-7,9,16H2,1H3. The highest BCUT2D eigenvalue weighted by Crippen LogP contribution is 2.28. The molecule has 0 bridgehead atoms. The smallest absolute Gasteiger partial charge is 0.228 e. The summed E-state index contributed by atoms with van der Waals surface area (Å²) in [4.78, 5) is 8.81. The number of aryl methyl sites for hydroxylation is 1. The molecule has 0 aliphatic heterocycles. The van der Waals surface area contributed by atoms with Gasteiger partial charge in [0.1, 0.15) is 5.69 Å². The van der Waals surface area contributed by atoms with Crippen molar-refractivity contribution in [1.29, 1.82) is 0 Å². The Kier molecular flexibility index (Phi) is 3.78. The molecule has 0 spiro atoms. The Morgan fingerprint density at radius 1 is 1.30 bits per heavy atom. The van der Waals surface area contributed by atoms with Gasteiger partial charge in [-0.3, -0.25) is 0 Å². The van der Waals surface area contributed by atoms with E-state index in [0.717, 1.165) is 11.4 Å². The lowest BCUT2D eigenvalue weighted by Gasteiger charge is -2.16. The number of hydrogen-bond donors (Lipinski definition) is 1. The summed E-state index contributed by atoms with van der Waals surface area (Å²) in [5, 5.41) is 4.00. The summed E-state index contributed by atoms with van der Waals surface area (Å²) in [7, 11) is 0. The molecule has 0 radical (unpaired) electrons. The van der Waals surface area contributed by atoms with E-state index in [9.17, 15) is 0 Å². The van der Waals surface area contributed by atoms with Gasteiger partial charge < -0.3 is 10.3 Å². The van der Waals surface area contributed by atoms with Gasteiger partial charge >= 0.3 is 0 Å². The van der Waals surface area contributed by atoms with E-state index in [1.54, 1.807) is 0 Å². The minimum absolute atomic E-state index is 0.122. The second-order valence-corrected chi connectivity index (χ2v) is 5.59. The average molecular weight is 272 g/mol. The Balaban J connectivity index is 1.70. The van der Waals surface area contributed by atoms with Gasteiger partial charge in [-0.05, 0) is 37.8 Å². The summed E-state index contributed by atoms with van der Waals surface area (Å²) < 4.78 is 5.31. The first-order valence-corrected chi connectivity index (χ1v) is 7.24. The molecule has 20 heavy (non-hydrogen) atoms. The van der Waals surface area contributed by atoms with Gasteiger partial charge in [-0.1, -0.05) is 24.1 Å². The number of hydrogen-bond acceptors (Lipinski definition) is 5. The third-order valence-electron chi connectivity index (χ3n) is 4.00. The Hall–Kier alpha value is -1.75. The molecule has 0 saturated heterocycles. The van der Waals surface area contributed by atoms with Crippen molar-refractivity contribution < 1.29 is 4.52 Å². The molecular weight excluding hydrogens is 252 g/mol. The van der Waals surface area contributed by atoms with Crippen LogP contribution in [0.2, 0.25) is 0 Å². The Morgan fingerprint density at radius 3 is 2.85 bits per heavy atom. The number of pyridine rings is 1. The summed E-state index contributed by atoms with van der Waals surface area (Å²) >= 11 is 0. The van der Waals surface area contributed by atoms with E-state index in [1.165, 1.54) is 25.7 Å². The number of aromatic nitrogens is 3. The van der Waals surface area contributed by atoms with Gasteiger partial charge in [0.15, 0.2) is 0 Å². The highest BCUT2D eigenvalue weighted by molar-refractivity contribution is 5.47. The van der Waals surface area contributed by atoms with Crippen molar-refractivity contribution in [2.45, 2.75) is 45.1 Å². The van der Waals surface area contributed by atoms with E-state index in [4.69, 9.17) is 10.3 Å². The van der Waals surface area contributed by atoms with Gasteiger partial charge in [0.2, 0.25) is 11.7 Å². The van der Waals surface area contributed by atoms with Gasteiger partial charge in [-0.25, -0.2) is 4.98 Å². The highest BCUT2D eigenvalue weighted by atomic mass is 16.5. The second-order valence-electron chi connectivity index (χ2n) is 5.59. The minimum Gasteiger partial charge on any atom is -0.339 e. The van der Waals surface area contributed by atoms with Crippen LogP contribution in [0.4, 0.5) is 0 Å². The summed E-state index contributed by atoms with van der Waals surface area (Å²) in [6.07, 6.45) is 5.69. The maximum atomic E-state index is 6.24. The molecule has 2 aromatic rings. The zero-order valence-corrected chi connectivity index (χ0v) is 11.7. The molecule has 1 saturated carbocycles. The van der Waals surface area contributed by atoms with Crippen LogP contribution in [-0.2, 0) is 6.42 Å². The number of rotatable bonds is 4. The molecular formula is C15H20N4O. The molecule has 3 rings (SSSR count). The fourth-order valence-electron chi connectivity index (χ4n) is 2.86. The molecule has 1 atom stereocenters. The molecule has 106 valence electrons. The van der Waals surface area contributed by atoms with Crippen molar-refractivity contribution in [2.75, 3.05) is 0 Å². The zero-order chi connectivity index (χ0) is 13.9.